The first-order chi connectivity index (χ1) is 12.0. The minimum absolute atomic E-state index is 0.137. The molecule has 138 valence electrons. The van der Waals surface area contributed by atoms with Crippen LogP contribution in [0.5, 0.6) is 0 Å². The summed E-state index contributed by atoms with van der Waals surface area (Å²) in [5.41, 5.74) is 0.934. The zero-order valence-electron chi connectivity index (χ0n) is 13.2. The molecule has 0 amide bonds. The van der Waals surface area contributed by atoms with Crippen molar-refractivity contribution >= 4 is 18.6 Å². The van der Waals surface area contributed by atoms with Crippen LogP contribution in [0.2, 0.25) is 0 Å². The first-order valence-corrected chi connectivity index (χ1v) is 8.31. The molecule has 3 N–H and O–H groups in total. The largest absolute Gasteiger partial charge is 0.471 e. The standard InChI is InChI=1S/C16H20O8S/c1-2-7-8-3-4-21-14(20)9(8)6-22-15(7)24-16-12(19)11(18)13(25)10(5-17)23-16/h2-3,6-7,10-13,15-19,25H,1,4-5H2/t7-,10-,11-,12-,13-,15+,16+/m1/s1. The first kappa shape index (κ1) is 18.4. The number of fused-ring (bicyclic) bond motifs is 1. The van der Waals surface area contributed by atoms with Gasteiger partial charge in [-0.3, -0.25) is 0 Å². The van der Waals surface area contributed by atoms with Gasteiger partial charge in [0.1, 0.15) is 19.0 Å². The molecule has 0 saturated carbocycles. The van der Waals surface area contributed by atoms with E-state index in [4.69, 9.17) is 18.9 Å². The molecular formula is C16H20O8S. The molecule has 0 aromatic heterocycles. The van der Waals surface area contributed by atoms with E-state index in [1.807, 2.05) is 0 Å². The maximum absolute atomic E-state index is 11.8. The van der Waals surface area contributed by atoms with Crippen LogP contribution in [0, 0.1) is 5.92 Å². The highest BCUT2D eigenvalue weighted by molar-refractivity contribution is 7.81. The Morgan fingerprint density at radius 3 is 2.80 bits per heavy atom. The number of aliphatic hydroxyl groups is 3. The van der Waals surface area contributed by atoms with Gasteiger partial charge in [0, 0.05) is 0 Å². The molecule has 1 saturated heterocycles. The fourth-order valence-electron chi connectivity index (χ4n) is 2.98. The zero-order valence-corrected chi connectivity index (χ0v) is 14.1. The van der Waals surface area contributed by atoms with Crippen molar-refractivity contribution in [2.45, 2.75) is 36.1 Å². The Balaban J connectivity index is 1.78. The molecule has 0 bridgehead atoms. The number of carbonyl (C=O) groups excluding carboxylic acids is 1. The predicted molar refractivity (Wildman–Crippen MR) is 87.3 cm³/mol. The molecule has 1 fully saturated rings. The number of ether oxygens (including phenoxy) is 4. The van der Waals surface area contributed by atoms with Crippen LogP contribution >= 0.6 is 12.6 Å². The molecule has 0 aromatic carbocycles. The molecule has 3 heterocycles. The summed E-state index contributed by atoms with van der Waals surface area (Å²) in [4.78, 5) is 11.8. The Morgan fingerprint density at radius 2 is 2.12 bits per heavy atom. The molecule has 0 radical (unpaired) electrons. The van der Waals surface area contributed by atoms with Gasteiger partial charge < -0.3 is 34.3 Å². The average Bonchev–Trinajstić information content (AvgIpc) is 2.62. The van der Waals surface area contributed by atoms with Crippen LogP contribution in [0.4, 0.5) is 0 Å². The summed E-state index contributed by atoms with van der Waals surface area (Å²) < 4.78 is 21.5. The Bertz CT molecular complexity index is 601. The van der Waals surface area contributed by atoms with Crippen molar-refractivity contribution in [1.82, 2.24) is 0 Å². The third-order valence-corrected chi connectivity index (χ3v) is 5.03. The van der Waals surface area contributed by atoms with Crippen molar-refractivity contribution in [2.75, 3.05) is 13.2 Å². The van der Waals surface area contributed by atoms with E-state index in [0.717, 1.165) is 0 Å². The molecule has 3 aliphatic rings. The molecule has 3 rings (SSSR count). The minimum atomic E-state index is -1.38. The van der Waals surface area contributed by atoms with Gasteiger partial charge in [-0.25, -0.2) is 4.79 Å². The summed E-state index contributed by atoms with van der Waals surface area (Å²) >= 11 is 4.14. The van der Waals surface area contributed by atoms with Crippen molar-refractivity contribution in [3.05, 3.63) is 36.1 Å². The van der Waals surface area contributed by atoms with Crippen LogP contribution in [-0.2, 0) is 23.7 Å². The molecule has 8 nitrogen and oxygen atoms in total. The lowest BCUT2D eigenvalue weighted by molar-refractivity contribution is -0.314. The highest BCUT2D eigenvalue weighted by Gasteiger charge is 2.46. The number of thiol groups is 1. The third-order valence-electron chi connectivity index (χ3n) is 4.39. The van der Waals surface area contributed by atoms with Crippen LogP contribution in [0.1, 0.15) is 0 Å². The van der Waals surface area contributed by atoms with Crippen LogP contribution in [0.3, 0.4) is 0 Å². The minimum Gasteiger partial charge on any atom is -0.471 e. The van der Waals surface area contributed by atoms with E-state index < -0.39 is 54.6 Å². The van der Waals surface area contributed by atoms with Gasteiger partial charge in [0.2, 0.25) is 6.29 Å². The summed E-state index contributed by atoms with van der Waals surface area (Å²) in [5.74, 6) is -0.993. The van der Waals surface area contributed by atoms with Gasteiger partial charge in [-0.15, -0.1) is 6.58 Å². The molecule has 0 aliphatic carbocycles. The van der Waals surface area contributed by atoms with Gasteiger partial charge in [0.05, 0.1) is 35.6 Å². The van der Waals surface area contributed by atoms with E-state index >= 15 is 0 Å². The number of aliphatic hydroxyl groups excluding tert-OH is 3. The highest BCUT2D eigenvalue weighted by atomic mass is 32.1. The fraction of sp³-hybridized carbons (Fsp3) is 0.562. The molecule has 0 aromatic rings. The Kier molecular flexibility index (Phi) is 5.52. The smallest absolute Gasteiger partial charge is 0.341 e. The molecule has 7 atom stereocenters. The van der Waals surface area contributed by atoms with E-state index in [2.05, 4.69) is 19.2 Å². The second-order valence-corrected chi connectivity index (χ2v) is 6.49. The van der Waals surface area contributed by atoms with E-state index in [-0.39, 0.29) is 12.2 Å². The van der Waals surface area contributed by atoms with Gasteiger partial charge in [0.25, 0.3) is 0 Å². The van der Waals surface area contributed by atoms with Crippen molar-refractivity contribution in [1.29, 1.82) is 0 Å². The molecule has 0 spiro atoms. The molecule has 0 unspecified atom stereocenters. The number of hydrogen-bond acceptors (Lipinski definition) is 9. The maximum Gasteiger partial charge on any atom is 0.341 e. The fourth-order valence-corrected chi connectivity index (χ4v) is 3.32. The normalized spacial score (nSPS) is 41.0. The summed E-state index contributed by atoms with van der Waals surface area (Å²) in [5, 5.41) is 28.8. The Hall–Kier alpha value is -1.36. The average molecular weight is 372 g/mol. The van der Waals surface area contributed by atoms with Gasteiger partial charge in [-0.1, -0.05) is 6.08 Å². The molecule has 25 heavy (non-hydrogen) atoms. The van der Waals surface area contributed by atoms with Gasteiger partial charge in [-0.05, 0) is 11.6 Å². The zero-order chi connectivity index (χ0) is 18.1. The van der Waals surface area contributed by atoms with Crippen LogP contribution in [0.25, 0.3) is 0 Å². The van der Waals surface area contributed by atoms with E-state index in [9.17, 15) is 20.1 Å². The first-order valence-electron chi connectivity index (χ1n) is 7.79. The number of rotatable bonds is 4. The number of hydrogen-bond donors (Lipinski definition) is 4. The molecule has 3 aliphatic heterocycles. The van der Waals surface area contributed by atoms with E-state index in [0.29, 0.717) is 5.57 Å². The lowest BCUT2D eigenvalue weighted by Crippen LogP contribution is -2.58. The summed E-state index contributed by atoms with van der Waals surface area (Å²) in [6, 6.07) is 0. The monoisotopic (exact) mass is 372 g/mol. The molecule has 9 heteroatoms. The Labute approximate surface area is 149 Å². The lowest BCUT2D eigenvalue weighted by Gasteiger charge is -2.42. The van der Waals surface area contributed by atoms with E-state index in [1.165, 1.54) is 6.26 Å². The summed E-state index contributed by atoms with van der Waals surface area (Å²) in [6.45, 7) is 3.48. The van der Waals surface area contributed by atoms with Crippen molar-refractivity contribution in [3.8, 4) is 0 Å². The predicted octanol–water partition coefficient (Wildman–Crippen LogP) is -0.734. The lowest BCUT2D eigenvalue weighted by atomic mass is 9.89. The van der Waals surface area contributed by atoms with Gasteiger partial charge in [-0.2, -0.15) is 12.6 Å². The summed E-state index contributed by atoms with van der Waals surface area (Å²) in [7, 11) is 0. The maximum atomic E-state index is 11.8. The number of carbonyl (C=O) groups is 1. The number of esters is 1. The van der Waals surface area contributed by atoms with Crippen LogP contribution < -0.4 is 0 Å². The SMILES string of the molecule is C=C[C@@H]1C2=CCOC(=O)C2=CO[C@H]1O[C@@H]1O[C@H](CO)[C@@H](S)[C@H](O)[C@H]1O. The number of cyclic esters (lactones) is 1. The Morgan fingerprint density at radius 1 is 1.36 bits per heavy atom. The highest BCUT2D eigenvalue weighted by Crippen LogP contribution is 2.36. The second-order valence-electron chi connectivity index (χ2n) is 5.89. The third kappa shape index (κ3) is 3.35. The van der Waals surface area contributed by atoms with Gasteiger partial charge >= 0.3 is 5.97 Å². The second kappa shape index (κ2) is 7.48. The van der Waals surface area contributed by atoms with E-state index in [1.54, 1.807) is 12.2 Å². The topological polar surface area (TPSA) is 115 Å². The van der Waals surface area contributed by atoms with Crippen molar-refractivity contribution in [2.24, 2.45) is 5.92 Å². The molecular weight excluding hydrogens is 352 g/mol. The van der Waals surface area contributed by atoms with Gasteiger partial charge in [0.15, 0.2) is 6.29 Å². The van der Waals surface area contributed by atoms with Crippen LogP contribution in [-0.4, -0.2) is 70.6 Å². The quantitative estimate of drug-likeness (QED) is 0.290. The summed E-state index contributed by atoms with van der Waals surface area (Å²) in [6.07, 6.45) is -1.10. The van der Waals surface area contributed by atoms with Crippen molar-refractivity contribution < 1.29 is 39.1 Å². The van der Waals surface area contributed by atoms with Crippen LogP contribution in [0.15, 0.2) is 36.1 Å². The van der Waals surface area contributed by atoms with Crippen molar-refractivity contribution in [3.63, 3.8) is 0 Å².